The average Bonchev–Trinajstić information content (AvgIpc) is 2.55. The van der Waals surface area contributed by atoms with Crippen LogP contribution in [0.3, 0.4) is 0 Å². The molecule has 0 amide bonds. The number of fused-ring (bicyclic) bond motifs is 1. The SMILES string of the molecule is CCc1nn(C)c2ccc(C#N)cc12. The first-order valence-corrected chi connectivity index (χ1v) is 4.62. The Morgan fingerprint density at radius 3 is 2.93 bits per heavy atom. The highest BCUT2D eigenvalue weighted by Crippen LogP contribution is 2.19. The van der Waals surface area contributed by atoms with Gasteiger partial charge in [-0.15, -0.1) is 0 Å². The predicted molar refractivity (Wildman–Crippen MR) is 54.8 cm³/mol. The number of aryl methyl sites for hydroxylation is 2. The normalized spacial score (nSPS) is 10.4. The fraction of sp³-hybridized carbons (Fsp3) is 0.273. The summed E-state index contributed by atoms with van der Waals surface area (Å²) in [5, 5.41) is 14.3. The Bertz CT molecular complexity index is 517. The molecule has 0 fully saturated rings. The van der Waals surface area contributed by atoms with Crippen molar-refractivity contribution in [1.29, 1.82) is 5.26 Å². The van der Waals surface area contributed by atoms with E-state index in [0.29, 0.717) is 5.56 Å². The van der Waals surface area contributed by atoms with Gasteiger partial charge in [0.25, 0.3) is 0 Å². The fourth-order valence-electron chi connectivity index (χ4n) is 1.67. The van der Waals surface area contributed by atoms with Crippen molar-refractivity contribution >= 4 is 10.9 Å². The molecule has 1 aromatic heterocycles. The maximum absolute atomic E-state index is 8.79. The molecule has 1 heterocycles. The van der Waals surface area contributed by atoms with Crippen molar-refractivity contribution in [2.45, 2.75) is 13.3 Å². The summed E-state index contributed by atoms with van der Waals surface area (Å²) >= 11 is 0. The molecule has 14 heavy (non-hydrogen) atoms. The van der Waals surface area contributed by atoms with Gasteiger partial charge in [-0.1, -0.05) is 6.92 Å². The minimum Gasteiger partial charge on any atom is -0.268 e. The maximum atomic E-state index is 8.79. The fourth-order valence-corrected chi connectivity index (χ4v) is 1.67. The van der Waals surface area contributed by atoms with Gasteiger partial charge in [-0.3, -0.25) is 4.68 Å². The predicted octanol–water partition coefficient (Wildman–Crippen LogP) is 2.01. The lowest BCUT2D eigenvalue weighted by molar-refractivity contribution is 0.770. The molecule has 0 saturated heterocycles. The van der Waals surface area contributed by atoms with E-state index < -0.39 is 0 Å². The zero-order valence-electron chi connectivity index (χ0n) is 8.28. The van der Waals surface area contributed by atoms with Crippen molar-refractivity contribution in [3.8, 4) is 6.07 Å². The molecule has 2 aromatic rings. The topological polar surface area (TPSA) is 41.6 Å². The summed E-state index contributed by atoms with van der Waals surface area (Å²) in [6.45, 7) is 2.07. The summed E-state index contributed by atoms with van der Waals surface area (Å²) in [6.07, 6.45) is 0.895. The summed E-state index contributed by atoms with van der Waals surface area (Å²) in [7, 11) is 1.92. The molecule has 2 rings (SSSR count). The number of rotatable bonds is 1. The Morgan fingerprint density at radius 2 is 2.29 bits per heavy atom. The zero-order valence-corrected chi connectivity index (χ0v) is 8.28. The van der Waals surface area contributed by atoms with Gasteiger partial charge in [-0.2, -0.15) is 10.4 Å². The van der Waals surface area contributed by atoms with Crippen LogP contribution in [0.4, 0.5) is 0 Å². The average molecular weight is 185 g/mol. The summed E-state index contributed by atoms with van der Waals surface area (Å²) in [6, 6.07) is 7.81. The van der Waals surface area contributed by atoms with E-state index in [4.69, 9.17) is 5.26 Å². The van der Waals surface area contributed by atoms with Crippen LogP contribution in [0.2, 0.25) is 0 Å². The van der Waals surface area contributed by atoms with E-state index in [1.165, 1.54) is 0 Å². The highest BCUT2D eigenvalue weighted by molar-refractivity contribution is 5.83. The van der Waals surface area contributed by atoms with Crippen molar-refractivity contribution < 1.29 is 0 Å². The van der Waals surface area contributed by atoms with E-state index in [-0.39, 0.29) is 0 Å². The Hall–Kier alpha value is -1.82. The van der Waals surface area contributed by atoms with Crippen LogP contribution >= 0.6 is 0 Å². The molecule has 70 valence electrons. The molecule has 0 saturated carbocycles. The minimum atomic E-state index is 0.695. The lowest BCUT2D eigenvalue weighted by Gasteiger charge is -1.93. The second kappa shape index (κ2) is 3.15. The molecule has 0 N–H and O–H groups in total. The van der Waals surface area contributed by atoms with E-state index in [1.807, 2.05) is 29.9 Å². The molecule has 0 aliphatic rings. The minimum absolute atomic E-state index is 0.695. The van der Waals surface area contributed by atoms with Crippen LogP contribution in [0, 0.1) is 11.3 Å². The van der Waals surface area contributed by atoms with Crippen LogP contribution in [0.1, 0.15) is 18.2 Å². The molecule has 0 atom stereocenters. The highest BCUT2D eigenvalue weighted by Gasteiger charge is 2.06. The third kappa shape index (κ3) is 1.16. The van der Waals surface area contributed by atoms with Crippen molar-refractivity contribution in [3.05, 3.63) is 29.5 Å². The van der Waals surface area contributed by atoms with Gasteiger partial charge >= 0.3 is 0 Å². The summed E-state index contributed by atoms with van der Waals surface area (Å²) in [4.78, 5) is 0. The molecule has 0 bridgehead atoms. The second-order valence-corrected chi connectivity index (χ2v) is 3.27. The van der Waals surface area contributed by atoms with Gasteiger partial charge in [-0.05, 0) is 24.6 Å². The number of hydrogen-bond acceptors (Lipinski definition) is 2. The number of aromatic nitrogens is 2. The largest absolute Gasteiger partial charge is 0.268 e. The van der Waals surface area contributed by atoms with Gasteiger partial charge in [-0.25, -0.2) is 0 Å². The summed E-state index contributed by atoms with van der Waals surface area (Å²) in [5.41, 5.74) is 2.83. The van der Waals surface area contributed by atoms with Crippen molar-refractivity contribution in [1.82, 2.24) is 9.78 Å². The van der Waals surface area contributed by atoms with Gasteiger partial charge < -0.3 is 0 Å². The maximum Gasteiger partial charge on any atom is 0.0991 e. The standard InChI is InChI=1S/C11H11N3/c1-3-10-9-6-8(7-12)4-5-11(9)14(2)13-10/h4-6H,3H2,1-2H3. The number of nitriles is 1. The molecule has 0 radical (unpaired) electrons. The second-order valence-electron chi connectivity index (χ2n) is 3.27. The Morgan fingerprint density at radius 1 is 1.50 bits per heavy atom. The monoisotopic (exact) mass is 185 g/mol. The molecule has 0 aliphatic heterocycles. The smallest absolute Gasteiger partial charge is 0.0991 e. The molecule has 1 aromatic carbocycles. The highest BCUT2D eigenvalue weighted by atomic mass is 15.3. The van der Waals surface area contributed by atoms with Crippen LogP contribution < -0.4 is 0 Å². The summed E-state index contributed by atoms with van der Waals surface area (Å²) < 4.78 is 1.86. The van der Waals surface area contributed by atoms with Crippen LogP contribution in [-0.2, 0) is 13.5 Å². The van der Waals surface area contributed by atoms with E-state index >= 15 is 0 Å². The van der Waals surface area contributed by atoms with Crippen molar-refractivity contribution in [3.63, 3.8) is 0 Å². The van der Waals surface area contributed by atoms with Gasteiger partial charge in [0.05, 0.1) is 22.8 Å². The first kappa shape index (κ1) is 8.76. The lowest BCUT2D eigenvalue weighted by atomic mass is 10.1. The molecular weight excluding hydrogens is 174 g/mol. The summed E-state index contributed by atoms with van der Waals surface area (Å²) in [5.74, 6) is 0. The number of benzene rings is 1. The van der Waals surface area contributed by atoms with E-state index in [1.54, 1.807) is 0 Å². The molecule has 0 spiro atoms. The first-order chi connectivity index (χ1) is 6.76. The molecule has 3 heteroatoms. The lowest BCUT2D eigenvalue weighted by Crippen LogP contribution is -1.90. The number of nitrogens with zero attached hydrogens (tertiary/aromatic N) is 3. The van der Waals surface area contributed by atoms with Gasteiger partial charge in [0.2, 0.25) is 0 Å². The third-order valence-electron chi connectivity index (χ3n) is 2.39. The van der Waals surface area contributed by atoms with Crippen molar-refractivity contribution in [2.75, 3.05) is 0 Å². The van der Waals surface area contributed by atoms with Crippen molar-refractivity contribution in [2.24, 2.45) is 7.05 Å². The quantitative estimate of drug-likeness (QED) is 0.682. The van der Waals surface area contributed by atoms with Crippen LogP contribution in [0.15, 0.2) is 18.2 Å². The van der Waals surface area contributed by atoms with Crippen LogP contribution in [0.25, 0.3) is 10.9 Å². The van der Waals surface area contributed by atoms with Gasteiger partial charge in [0.1, 0.15) is 0 Å². The Labute approximate surface area is 82.6 Å². The molecule has 0 aliphatic carbocycles. The van der Waals surface area contributed by atoms with Crippen LogP contribution in [-0.4, -0.2) is 9.78 Å². The van der Waals surface area contributed by atoms with Crippen LogP contribution in [0.5, 0.6) is 0 Å². The zero-order chi connectivity index (χ0) is 10.1. The molecular formula is C11H11N3. The van der Waals surface area contributed by atoms with Gasteiger partial charge in [0.15, 0.2) is 0 Å². The number of hydrogen-bond donors (Lipinski definition) is 0. The van der Waals surface area contributed by atoms with Gasteiger partial charge in [0, 0.05) is 12.4 Å². The Balaban J connectivity index is 2.79. The Kier molecular flexibility index (Phi) is 1.97. The first-order valence-electron chi connectivity index (χ1n) is 4.62. The third-order valence-corrected chi connectivity index (χ3v) is 2.39. The van der Waals surface area contributed by atoms with E-state index in [2.05, 4.69) is 18.1 Å². The molecule has 0 unspecified atom stereocenters. The van der Waals surface area contributed by atoms with E-state index in [0.717, 1.165) is 23.0 Å². The molecule has 3 nitrogen and oxygen atoms in total. The van der Waals surface area contributed by atoms with E-state index in [9.17, 15) is 0 Å².